The lowest BCUT2D eigenvalue weighted by Gasteiger charge is -2.30. The first kappa shape index (κ1) is 18.6. The summed E-state index contributed by atoms with van der Waals surface area (Å²) in [5, 5.41) is 3.35. The highest BCUT2D eigenvalue weighted by atomic mass is 32.2. The lowest BCUT2D eigenvalue weighted by atomic mass is 9.81. The van der Waals surface area contributed by atoms with Gasteiger partial charge in [-0.1, -0.05) is 30.3 Å². The lowest BCUT2D eigenvalue weighted by Crippen LogP contribution is -2.39. The van der Waals surface area contributed by atoms with E-state index in [2.05, 4.69) is 17.4 Å². The van der Waals surface area contributed by atoms with Crippen LogP contribution in [0.5, 0.6) is 0 Å². The van der Waals surface area contributed by atoms with E-state index in [1.807, 2.05) is 25.1 Å². The van der Waals surface area contributed by atoms with Gasteiger partial charge in [-0.05, 0) is 25.5 Å². The molecule has 1 aliphatic heterocycles. The molecule has 1 aliphatic rings. The van der Waals surface area contributed by atoms with Crippen molar-refractivity contribution in [2.45, 2.75) is 19.3 Å². The first-order valence-electron chi connectivity index (χ1n) is 7.17. The number of piperidine rings is 1. The average Bonchev–Trinajstić information content (AvgIpc) is 2.47. The monoisotopic (exact) mass is 329 g/mol. The number of carbonyl (C=O) groups excluding carboxylic acids is 1. The summed E-state index contributed by atoms with van der Waals surface area (Å²) in [6.07, 6.45) is 1.57. The van der Waals surface area contributed by atoms with Crippen LogP contribution in [-0.4, -0.2) is 44.9 Å². The van der Waals surface area contributed by atoms with E-state index in [0.717, 1.165) is 19.5 Å². The van der Waals surface area contributed by atoms with Gasteiger partial charge in [0.05, 0.1) is 18.8 Å². The number of benzene rings is 1. The van der Waals surface area contributed by atoms with Crippen LogP contribution < -0.4 is 5.32 Å². The molecule has 0 aliphatic carbocycles. The smallest absolute Gasteiger partial charge is 0.309 e. The topological polar surface area (TPSA) is 92.7 Å². The predicted molar refractivity (Wildman–Crippen MR) is 84.3 cm³/mol. The molecule has 7 heteroatoms. The van der Waals surface area contributed by atoms with Gasteiger partial charge in [0, 0.05) is 12.5 Å². The van der Waals surface area contributed by atoms with Crippen molar-refractivity contribution in [3.8, 4) is 0 Å². The zero-order valence-corrected chi connectivity index (χ0v) is 13.7. The number of ether oxygens (including phenoxy) is 1. The van der Waals surface area contributed by atoms with Gasteiger partial charge in [0.1, 0.15) is 0 Å². The van der Waals surface area contributed by atoms with Gasteiger partial charge in [-0.3, -0.25) is 9.35 Å². The fraction of sp³-hybridized carbons (Fsp3) is 0.533. The van der Waals surface area contributed by atoms with E-state index in [0.29, 0.717) is 12.9 Å². The molecular weight excluding hydrogens is 306 g/mol. The van der Waals surface area contributed by atoms with E-state index in [1.165, 1.54) is 5.56 Å². The maximum atomic E-state index is 11.9. The van der Waals surface area contributed by atoms with E-state index in [9.17, 15) is 13.2 Å². The Bertz CT molecular complexity index is 551. The first-order valence-corrected chi connectivity index (χ1v) is 9.02. The van der Waals surface area contributed by atoms with Gasteiger partial charge in [-0.2, -0.15) is 8.42 Å². The zero-order chi connectivity index (χ0) is 16.6. The number of hydrogen-bond donors (Lipinski definition) is 2. The van der Waals surface area contributed by atoms with Crippen molar-refractivity contribution in [2.24, 2.45) is 5.92 Å². The fourth-order valence-electron chi connectivity index (χ4n) is 2.44. The first-order chi connectivity index (χ1) is 10.3. The summed E-state index contributed by atoms with van der Waals surface area (Å²) in [6, 6.07) is 10.2. The Hall–Kier alpha value is -1.44. The fourth-order valence-corrected chi connectivity index (χ4v) is 2.44. The van der Waals surface area contributed by atoms with Crippen LogP contribution >= 0.6 is 0 Å². The van der Waals surface area contributed by atoms with E-state index in [1.54, 1.807) is 0 Å². The molecule has 1 saturated heterocycles. The Balaban J connectivity index is 0.000000422. The SMILES string of the molecule is CCOC(=O)[C@@H]1CCNC[C@@H]1c1ccccc1.CS(=O)(=O)O. The molecule has 1 aromatic carbocycles. The predicted octanol–water partition coefficient (Wildman–Crippen LogP) is 1.45. The maximum absolute atomic E-state index is 11.9. The second-order valence-electron chi connectivity index (χ2n) is 5.10. The van der Waals surface area contributed by atoms with Crippen molar-refractivity contribution in [3.05, 3.63) is 35.9 Å². The largest absolute Gasteiger partial charge is 0.466 e. The zero-order valence-electron chi connectivity index (χ0n) is 12.9. The number of carbonyl (C=O) groups is 1. The van der Waals surface area contributed by atoms with Gasteiger partial charge in [0.2, 0.25) is 0 Å². The third-order valence-corrected chi connectivity index (χ3v) is 3.30. The Morgan fingerprint density at radius 1 is 1.36 bits per heavy atom. The highest BCUT2D eigenvalue weighted by Gasteiger charge is 2.32. The van der Waals surface area contributed by atoms with Crippen molar-refractivity contribution >= 4 is 16.1 Å². The van der Waals surface area contributed by atoms with Gasteiger partial charge in [-0.25, -0.2) is 0 Å². The molecule has 124 valence electrons. The summed E-state index contributed by atoms with van der Waals surface area (Å²) in [5.74, 6) is 0.186. The van der Waals surface area contributed by atoms with Crippen LogP contribution in [0.4, 0.5) is 0 Å². The average molecular weight is 329 g/mol. The summed E-state index contributed by atoms with van der Waals surface area (Å²) < 4.78 is 31.0. The summed E-state index contributed by atoms with van der Waals surface area (Å²) in [4.78, 5) is 11.9. The molecule has 0 unspecified atom stereocenters. The second-order valence-corrected chi connectivity index (χ2v) is 6.57. The van der Waals surface area contributed by atoms with Crippen LogP contribution in [0, 0.1) is 5.92 Å². The number of hydrogen-bond acceptors (Lipinski definition) is 5. The number of nitrogens with one attached hydrogen (secondary N) is 1. The molecule has 0 spiro atoms. The summed E-state index contributed by atoms with van der Waals surface area (Å²) in [7, 11) is -3.67. The van der Waals surface area contributed by atoms with E-state index in [-0.39, 0.29) is 17.8 Å². The molecule has 6 nitrogen and oxygen atoms in total. The Morgan fingerprint density at radius 3 is 2.50 bits per heavy atom. The molecule has 1 aromatic rings. The highest BCUT2D eigenvalue weighted by Crippen LogP contribution is 2.30. The molecule has 22 heavy (non-hydrogen) atoms. The molecule has 2 atom stereocenters. The summed E-state index contributed by atoms with van der Waals surface area (Å²) in [5.41, 5.74) is 1.22. The van der Waals surface area contributed by atoms with E-state index < -0.39 is 10.1 Å². The molecule has 0 saturated carbocycles. The second kappa shape index (κ2) is 8.87. The summed E-state index contributed by atoms with van der Waals surface area (Å²) in [6.45, 7) is 4.07. The lowest BCUT2D eigenvalue weighted by molar-refractivity contribution is -0.149. The van der Waals surface area contributed by atoms with Crippen molar-refractivity contribution < 1.29 is 22.5 Å². The molecule has 2 rings (SSSR count). The molecule has 1 heterocycles. The molecule has 0 aromatic heterocycles. The Labute approximate surface area is 131 Å². The van der Waals surface area contributed by atoms with Gasteiger partial charge < -0.3 is 10.1 Å². The standard InChI is InChI=1S/C14H19NO2.CH4O3S/c1-2-17-14(16)12-8-9-15-10-13(12)11-6-4-3-5-7-11;1-5(2,3)4/h3-7,12-13,15H,2,8-10H2,1H3;1H3,(H,2,3,4)/t12-,13-;/m1./s1. The highest BCUT2D eigenvalue weighted by molar-refractivity contribution is 7.85. The summed E-state index contributed by atoms with van der Waals surface area (Å²) >= 11 is 0. The van der Waals surface area contributed by atoms with Gasteiger partial charge in [-0.15, -0.1) is 0 Å². The van der Waals surface area contributed by atoms with Crippen LogP contribution in [0.3, 0.4) is 0 Å². The minimum absolute atomic E-state index is 0.00130. The third kappa shape index (κ3) is 7.02. The van der Waals surface area contributed by atoms with Crippen molar-refractivity contribution in [1.29, 1.82) is 0 Å². The third-order valence-electron chi connectivity index (χ3n) is 3.30. The Morgan fingerprint density at radius 2 is 1.95 bits per heavy atom. The molecule has 1 fully saturated rings. The molecule has 2 N–H and O–H groups in total. The van der Waals surface area contributed by atoms with Crippen molar-refractivity contribution in [2.75, 3.05) is 26.0 Å². The quantitative estimate of drug-likeness (QED) is 0.644. The van der Waals surface area contributed by atoms with Crippen LogP contribution in [0.1, 0.15) is 24.8 Å². The molecule has 0 radical (unpaired) electrons. The molecular formula is C15H23NO5S. The number of rotatable bonds is 3. The van der Waals surface area contributed by atoms with Crippen molar-refractivity contribution in [3.63, 3.8) is 0 Å². The van der Waals surface area contributed by atoms with Crippen LogP contribution in [0.2, 0.25) is 0 Å². The number of esters is 1. The van der Waals surface area contributed by atoms with Gasteiger partial charge >= 0.3 is 5.97 Å². The van der Waals surface area contributed by atoms with Crippen LogP contribution in [-0.2, 0) is 19.6 Å². The van der Waals surface area contributed by atoms with E-state index in [4.69, 9.17) is 9.29 Å². The minimum atomic E-state index is -3.67. The molecule has 0 amide bonds. The van der Waals surface area contributed by atoms with E-state index >= 15 is 0 Å². The Kier molecular flexibility index (Phi) is 7.50. The maximum Gasteiger partial charge on any atom is 0.309 e. The van der Waals surface area contributed by atoms with Crippen molar-refractivity contribution in [1.82, 2.24) is 5.32 Å². The normalized spacial score (nSPS) is 21.4. The minimum Gasteiger partial charge on any atom is -0.466 e. The van der Waals surface area contributed by atoms with Gasteiger partial charge in [0.25, 0.3) is 10.1 Å². The van der Waals surface area contributed by atoms with Gasteiger partial charge in [0.15, 0.2) is 0 Å². The molecule has 0 bridgehead atoms. The van der Waals surface area contributed by atoms with Crippen LogP contribution in [0.25, 0.3) is 0 Å². The van der Waals surface area contributed by atoms with Crippen LogP contribution in [0.15, 0.2) is 30.3 Å².